The minimum Gasteiger partial charge on any atom is -0.262 e. The van der Waals surface area contributed by atoms with Crippen LogP contribution in [0.5, 0.6) is 0 Å². The van der Waals surface area contributed by atoms with Gasteiger partial charge in [-0.3, -0.25) is 10.1 Å². The van der Waals surface area contributed by atoms with Crippen molar-refractivity contribution in [3.8, 4) is 0 Å². The lowest BCUT2D eigenvalue weighted by atomic mass is 10.0. The Morgan fingerprint density at radius 1 is 1.67 bits per heavy atom. The third kappa shape index (κ3) is 1.38. The molecular formula is C7H7N5O2S. The molecule has 7 nitrogen and oxygen atoms in total. The predicted molar refractivity (Wildman–Crippen MR) is 53.1 cm³/mol. The first kappa shape index (κ1) is 9.71. The molecule has 0 radical (unpaired) electrons. The first-order chi connectivity index (χ1) is 7.17. The van der Waals surface area contributed by atoms with Crippen LogP contribution in [0, 0.1) is 14.9 Å². The molecule has 1 N–H and O–H groups in total. The smallest absolute Gasteiger partial charge is 0.262 e. The molecule has 0 saturated heterocycles. The van der Waals surface area contributed by atoms with Crippen LogP contribution in [0.1, 0.15) is 6.42 Å². The average molecular weight is 225 g/mol. The summed E-state index contributed by atoms with van der Waals surface area (Å²) in [5.41, 5.74) is -1.42. The molecule has 1 atom stereocenters. The van der Waals surface area contributed by atoms with Gasteiger partial charge in [0, 0.05) is 6.08 Å². The van der Waals surface area contributed by atoms with Crippen LogP contribution in [-0.2, 0) is 5.66 Å². The molecular weight excluding hydrogens is 218 g/mol. The van der Waals surface area contributed by atoms with Crippen LogP contribution in [0.3, 0.4) is 0 Å². The van der Waals surface area contributed by atoms with E-state index in [0.29, 0.717) is 0 Å². The van der Waals surface area contributed by atoms with Gasteiger partial charge >= 0.3 is 5.66 Å². The van der Waals surface area contributed by atoms with Crippen molar-refractivity contribution in [2.24, 2.45) is 0 Å². The number of tetrazole rings is 1. The monoisotopic (exact) mass is 225 g/mol. The second-order valence-corrected chi connectivity index (χ2v) is 3.41. The van der Waals surface area contributed by atoms with Gasteiger partial charge in [0.15, 0.2) is 0 Å². The quantitative estimate of drug-likeness (QED) is 0.456. The molecule has 8 heteroatoms. The van der Waals surface area contributed by atoms with E-state index in [1.165, 1.54) is 10.8 Å². The van der Waals surface area contributed by atoms with E-state index in [1.807, 2.05) is 0 Å². The molecule has 1 aromatic rings. The molecule has 0 saturated carbocycles. The summed E-state index contributed by atoms with van der Waals surface area (Å²) in [6.45, 7) is 0. The first-order valence-electron chi connectivity index (χ1n) is 4.16. The lowest BCUT2D eigenvalue weighted by Crippen LogP contribution is -2.41. The summed E-state index contributed by atoms with van der Waals surface area (Å²) in [5, 5.41) is 20.5. The van der Waals surface area contributed by atoms with E-state index in [1.54, 1.807) is 18.2 Å². The Hall–Kier alpha value is -1.83. The zero-order valence-corrected chi connectivity index (χ0v) is 8.35. The predicted octanol–water partition coefficient (Wildman–Crippen LogP) is 0.781. The fourth-order valence-corrected chi connectivity index (χ4v) is 1.67. The molecule has 1 aromatic heterocycles. The van der Waals surface area contributed by atoms with Gasteiger partial charge in [-0.2, -0.15) is 9.90 Å². The van der Waals surface area contributed by atoms with E-state index in [0.717, 1.165) is 0 Å². The highest BCUT2D eigenvalue weighted by molar-refractivity contribution is 7.71. The molecule has 1 heterocycles. The van der Waals surface area contributed by atoms with Gasteiger partial charge in [-0.1, -0.05) is 28.5 Å². The molecule has 2 rings (SSSR count). The number of aromatic nitrogens is 4. The lowest BCUT2D eigenvalue weighted by Gasteiger charge is -2.21. The number of H-pyrrole nitrogens is 1. The summed E-state index contributed by atoms with van der Waals surface area (Å²) < 4.78 is 1.23. The standard InChI is InChI=1S/C7H7N5O2S/c13-12(14)7(4-2-1-3-5-7)11-6(15)8-9-10-11/h1-4H,5H2,(H,8,10,15). The fourth-order valence-electron chi connectivity index (χ4n) is 1.43. The Kier molecular flexibility index (Phi) is 2.19. The Labute approximate surface area is 89.2 Å². The summed E-state index contributed by atoms with van der Waals surface area (Å²) in [7, 11) is 0. The van der Waals surface area contributed by atoms with Crippen molar-refractivity contribution >= 4 is 12.2 Å². The molecule has 0 bridgehead atoms. The van der Waals surface area contributed by atoms with Crippen molar-refractivity contribution in [3.63, 3.8) is 0 Å². The topological polar surface area (TPSA) is 89.6 Å². The minimum atomic E-state index is -1.42. The molecule has 78 valence electrons. The molecule has 1 unspecified atom stereocenters. The number of nitrogens with one attached hydrogen (secondary N) is 1. The second-order valence-electron chi connectivity index (χ2n) is 3.05. The van der Waals surface area contributed by atoms with Crippen LogP contribution in [0.15, 0.2) is 24.3 Å². The van der Waals surface area contributed by atoms with Gasteiger partial charge in [0.05, 0.1) is 11.3 Å². The van der Waals surface area contributed by atoms with Gasteiger partial charge < -0.3 is 0 Å². The summed E-state index contributed by atoms with van der Waals surface area (Å²) in [5.74, 6) is 0. The van der Waals surface area contributed by atoms with Gasteiger partial charge in [-0.15, -0.1) is 0 Å². The zero-order valence-electron chi connectivity index (χ0n) is 7.53. The molecule has 0 aromatic carbocycles. The van der Waals surface area contributed by atoms with Crippen molar-refractivity contribution in [1.82, 2.24) is 20.2 Å². The maximum absolute atomic E-state index is 11.1. The summed E-state index contributed by atoms with van der Waals surface area (Å²) in [6, 6.07) is 0. The molecule has 1 aliphatic rings. The van der Waals surface area contributed by atoms with Crippen LogP contribution in [0.2, 0.25) is 0 Å². The average Bonchev–Trinajstić information content (AvgIpc) is 2.66. The number of allylic oxidation sites excluding steroid dienone is 2. The van der Waals surface area contributed by atoms with Crippen LogP contribution in [0.25, 0.3) is 0 Å². The summed E-state index contributed by atoms with van der Waals surface area (Å²) in [6.07, 6.45) is 6.73. The van der Waals surface area contributed by atoms with E-state index in [4.69, 9.17) is 12.2 Å². The normalized spacial score (nSPS) is 24.3. The van der Waals surface area contributed by atoms with Crippen LogP contribution in [-0.4, -0.2) is 25.1 Å². The van der Waals surface area contributed by atoms with E-state index < -0.39 is 10.6 Å². The van der Waals surface area contributed by atoms with Crippen LogP contribution >= 0.6 is 12.2 Å². The number of hydrogen-bond donors (Lipinski definition) is 1. The van der Waals surface area contributed by atoms with Crippen LogP contribution in [0.4, 0.5) is 0 Å². The first-order valence-corrected chi connectivity index (χ1v) is 4.57. The Morgan fingerprint density at radius 2 is 2.47 bits per heavy atom. The molecule has 1 aliphatic carbocycles. The highest BCUT2D eigenvalue weighted by Gasteiger charge is 2.43. The number of aromatic amines is 1. The van der Waals surface area contributed by atoms with Gasteiger partial charge in [0.1, 0.15) is 0 Å². The van der Waals surface area contributed by atoms with E-state index >= 15 is 0 Å². The van der Waals surface area contributed by atoms with Crippen molar-refractivity contribution < 1.29 is 4.92 Å². The number of nitrogens with zero attached hydrogens (tertiary/aromatic N) is 4. The molecule has 0 fully saturated rings. The molecule has 0 spiro atoms. The maximum atomic E-state index is 11.1. The molecule has 0 aliphatic heterocycles. The lowest BCUT2D eigenvalue weighted by molar-refractivity contribution is -0.587. The number of hydrogen-bond acceptors (Lipinski definition) is 5. The SMILES string of the molecule is O=[N+]([O-])C1(n2[nH]nnc2=S)C=CC=CC1. The maximum Gasteiger partial charge on any atom is 0.339 e. The van der Waals surface area contributed by atoms with E-state index in [9.17, 15) is 10.1 Å². The third-order valence-electron chi connectivity index (χ3n) is 2.20. The fraction of sp³-hybridized carbons (Fsp3) is 0.286. The number of nitro groups is 1. The second kappa shape index (κ2) is 3.39. The highest BCUT2D eigenvalue weighted by atomic mass is 32.1. The summed E-state index contributed by atoms with van der Waals surface area (Å²) in [4.78, 5) is 10.7. The molecule has 15 heavy (non-hydrogen) atoms. The Bertz CT molecular complexity index is 501. The number of rotatable bonds is 2. The van der Waals surface area contributed by atoms with Crippen molar-refractivity contribution in [3.05, 3.63) is 39.2 Å². The largest absolute Gasteiger partial charge is 0.339 e. The zero-order chi connectivity index (χ0) is 10.9. The van der Waals surface area contributed by atoms with Crippen molar-refractivity contribution in [2.45, 2.75) is 12.1 Å². The van der Waals surface area contributed by atoms with Crippen LogP contribution < -0.4 is 0 Å². The summed E-state index contributed by atoms with van der Waals surface area (Å²) >= 11 is 4.85. The van der Waals surface area contributed by atoms with E-state index in [2.05, 4.69) is 15.5 Å². The van der Waals surface area contributed by atoms with Gasteiger partial charge in [-0.25, -0.2) is 0 Å². The molecule has 0 amide bonds. The van der Waals surface area contributed by atoms with Crippen molar-refractivity contribution in [2.75, 3.05) is 0 Å². The third-order valence-corrected chi connectivity index (χ3v) is 2.47. The van der Waals surface area contributed by atoms with Gasteiger partial charge in [0.2, 0.25) is 4.77 Å². The van der Waals surface area contributed by atoms with Crippen molar-refractivity contribution in [1.29, 1.82) is 0 Å². The van der Waals surface area contributed by atoms with Gasteiger partial charge in [0.25, 0.3) is 0 Å². The Morgan fingerprint density at radius 3 is 2.93 bits per heavy atom. The highest BCUT2D eigenvalue weighted by Crippen LogP contribution is 2.26. The van der Waals surface area contributed by atoms with E-state index in [-0.39, 0.29) is 11.2 Å². The van der Waals surface area contributed by atoms with Gasteiger partial charge in [-0.05, 0) is 12.2 Å². The minimum absolute atomic E-state index is 0.0617. The Balaban J connectivity index is 2.59.